The van der Waals surface area contributed by atoms with Crippen molar-refractivity contribution in [2.45, 2.75) is 39.2 Å². The summed E-state index contributed by atoms with van der Waals surface area (Å²) in [7, 11) is 0. The summed E-state index contributed by atoms with van der Waals surface area (Å²) in [5.41, 5.74) is 2.54. The maximum Gasteiger partial charge on any atom is 0.260 e. The average Bonchev–Trinajstić information content (AvgIpc) is 2.55. The quantitative estimate of drug-likeness (QED) is 0.797. The van der Waals surface area contributed by atoms with E-state index in [9.17, 15) is 4.79 Å². The molecule has 24 heavy (non-hydrogen) atoms. The number of nitrogens with one attached hydrogen (secondary N) is 1. The fraction of sp³-hybridized carbons (Fsp3) is 0.350. The molecular formula is C20H24ClNO2. The molecule has 0 aliphatic rings. The summed E-state index contributed by atoms with van der Waals surface area (Å²) in [5, 5.41) is 3.49. The van der Waals surface area contributed by atoms with Crippen LogP contribution in [0, 0.1) is 0 Å². The zero-order valence-corrected chi connectivity index (χ0v) is 15.1. The Morgan fingerprint density at radius 3 is 2.46 bits per heavy atom. The van der Waals surface area contributed by atoms with E-state index in [4.69, 9.17) is 16.3 Å². The van der Waals surface area contributed by atoms with E-state index < -0.39 is 6.10 Å². The Morgan fingerprint density at radius 2 is 1.83 bits per heavy atom. The lowest BCUT2D eigenvalue weighted by molar-refractivity contribution is -0.127. The summed E-state index contributed by atoms with van der Waals surface area (Å²) in [5.74, 6) is 0.992. The van der Waals surface area contributed by atoms with Gasteiger partial charge in [-0.25, -0.2) is 0 Å². The zero-order valence-electron chi connectivity index (χ0n) is 14.4. The third-order valence-corrected chi connectivity index (χ3v) is 4.07. The van der Waals surface area contributed by atoms with Crippen LogP contribution in [0.25, 0.3) is 0 Å². The van der Waals surface area contributed by atoms with E-state index in [1.165, 1.54) is 11.1 Å². The molecule has 0 saturated carbocycles. The predicted octanol–water partition coefficient (Wildman–Crippen LogP) is 4.59. The van der Waals surface area contributed by atoms with Crippen LogP contribution in [-0.2, 0) is 11.2 Å². The normalized spacial score (nSPS) is 12.0. The lowest BCUT2D eigenvalue weighted by atomic mass is 10.0. The van der Waals surface area contributed by atoms with Gasteiger partial charge in [0, 0.05) is 11.6 Å². The third kappa shape index (κ3) is 5.57. The van der Waals surface area contributed by atoms with Crippen molar-refractivity contribution in [3.05, 3.63) is 64.7 Å². The summed E-state index contributed by atoms with van der Waals surface area (Å²) in [6.07, 6.45) is 0.236. The van der Waals surface area contributed by atoms with E-state index in [1.54, 1.807) is 31.2 Å². The maximum atomic E-state index is 12.1. The highest BCUT2D eigenvalue weighted by atomic mass is 35.5. The van der Waals surface area contributed by atoms with E-state index in [-0.39, 0.29) is 5.91 Å². The van der Waals surface area contributed by atoms with E-state index in [0.29, 0.717) is 23.2 Å². The van der Waals surface area contributed by atoms with Crippen LogP contribution >= 0.6 is 11.6 Å². The number of carbonyl (C=O) groups is 1. The molecule has 2 aromatic carbocycles. The van der Waals surface area contributed by atoms with E-state index in [2.05, 4.69) is 43.4 Å². The first-order valence-electron chi connectivity index (χ1n) is 8.24. The Morgan fingerprint density at radius 1 is 1.12 bits per heavy atom. The largest absolute Gasteiger partial charge is 0.481 e. The molecule has 0 unspecified atom stereocenters. The minimum absolute atomic E-state index is 0.131. The number of carbonyl (C=O) groups excluding carboxylic acids is 1. The Balaban J connectivity index is 1.78. The van der Waals surface area contributed by atoms with Gasteiger partial charge in [0.25, 0.3) is 5.91 Å². The fourth-order valence-corrected chi connectivity index (χ4v) is 2.52. The molecule has 2 rings (SSSR count). The lowest BCUT2D eigenvalue weighted by Crippen LogP contribution is -2.37. The Labute approximate surface area is 149 Å². The first-order chi connectivity index (χ1) is 11.5. The molecule has 0 aliphatic heterocycles. The molecule has 0 aliphatic carbocycles. The van der Waals surface area contributed by atoms with Crippen LogP contribution in [0.1, 0.15) is 37.8 Å². The standard InChI is InChI=1S/C20H24ClNO2/c1-14(2)17-9-7-16(8-10-17)11-12-22-20(23)15(3)24-19-6-4-5-18(21)13-19/h4-10,13-15H,11-12H2,1-3H3,(H,22,23)/t15-/m0/s1. The molecule has 4 heteroatoms. The number of rotatable bonds is 7. The van der Waals surface area contributed by atoms with Crippen LogP contribution in [0.5, 0.6) is 5.75 Å². The Bertz CT molecular complexity index is 668. The zero-order chi connectivity index (χ0) is 17.5. The topological polar surface area (TPSA) is 38.3 Å². The molecule has 0 spiro atoms. The predicted molar refractivity (Wildman–Crippen MR) is 98.8 cm³/mol. The molecule has 0 aromatic heterocycles. The van der Waals surface area contributed by atoms with Gasteiger partial charge < -0.3 is 10.1 Å². The minimum Gasteiger partial charge on any atom is -0.481 e. The molecule has 0 bridgehead atoms. The van der Waals surface area contributed by atoms with Crippen molar-refractivity contribution in [2.24, 2.45) is 0 Å². The van der Waals surface area contributed by atoms with Crippen LogP contribution in [0.3, 0.4) is 0 Å². The summed E-state index contributed by atoms with van der Waals surface area (Å²) >= 11 is 5.91. The summed E-state index contributed by atoms with van der Waals surface area (Å²) in [6, 6.07) is 15.6. The van der Waals surface area contributed by atoms with Gasteiger partial charge >= 0.3 is 0 Å². The van der Waals surface area contributed by atoms with Crippen molar-refractivity contribution in [1.29, 1.82) is 0 Å². The van der Waals surface area contributed by atoms with Crippen molar-refractivity contribution in [2.75, 3.05) is 6.54 Å². The van der Waals surface area contributed by atoms with E-state index in [1.807, 2.05) is 0 Å². The van der Waals surface area contributed by atoms with Crippen molar-refractivity contribution >= 4 is 17.5 Å². The van der Waals surface area contributed by atoms with Gasteiger partial charge in [-0.1, -0.05) is 55.8 Å². The first-order valence-corrected chi connectivity index (χ1v) is 8.62. The van der Waals surface area contributed by atoms with Crippen LogP contribution < -0.4 is 10.1 Å². The van der Waals surface area contributed by atoms with Crippen molar-refractivity contribution in [3.63, 3.8) is 0 Å². The number of ether oxygens (including phenoxy) is 1. The van der Waals surface area contributed by atoms with Crippen LogP contribution in [0.15, 0.2) is 48.5 Å². The number of benzene rings is 2. The second-order valence-electron chi connectivity index (χ2n) is 6.15. The van der Waals surface area contributed by atoms with Gasteiger partial charge in [0.1, 0.15) is 5.75 Å². The second kappa shape index (κ2) is 8.74. The molecular weight excluding hydrogens is 322 g/mol. The monoisotopic (exact) mass is 345 g/mol. The highest BCUT2D eigenvalue weighted by molar-refractivity contribution is 6.30. The van der Waals surface area contributed by atoms with Gasteiger partial charge in [-0.05, 0) is 48.6 Å². The molecule has 1 atom stereocenters. The second-order valence-corrected chi connectivity index (χ2v) is 6.59. The van der Waals surface area contributed by atoms with Crippen molar-refractivity contribution in [1.82, 2.24) is 5.32 Å². The fourth-order valence-electron chi connectivity index (χ4n) is 2.34. The Hall–Kier alpha value is -2.00. The third-order valence-electron chi connectivity index (χ3n) is 3.84. The molecule has 0 fully saturated rings. The number of halogens is 1. The first kappa shape index (κ1) is 18.3. The van der Waals surface area contributed by atoms with E-state index >= 15 is 0 Å². The molecule has 1 N–H and O–H groups in total. The van der Waals surface area contributed by atoms with Crippen LogP contribution in [0.4, 0.5) is 0 Å². The minimum atomic E-state index is -0.563. The SMILES string of the molecule is CC(C)c1ccc(CCNC(=O)[C@H](C)Oc2cccc(Cl)c2)cc1. The number of amides is 1. The Kier molecular flexibility index (Phi) is 6.68. The molecule has 3 nitrogen and oxygen atoms in total. The van der Waals surface area contributed by atoms with Crippen molar-refractivity contribution in [3.8, 4) is 5.75 Å². The van der Waals surface area contributed by atoms with Gasteiger partial charge in [0.15, 0.2) is 6.10 Å². The molecule has 0 radical (unpaired) electrons. The molecule has 1 amide bonds. The molecule has 0 saturated heterocycles. The molecule has 128 valence electrons. The average molecular weight is 346 g/mol. The molecule has 2 aromatic rings. The van der Waals surface area contributed by atoms with Gasteiger partial charge in [0.2, 0.25) is 0 Å². The number of hydrogen-bond acceptors (Lipinski definition) is 2. The van der Waals surface area contributed by atoms with Crippen LogP contribution in [0.2, 0.25) is 5.02 Å². The summed E-state index contributed by atoms with van der Waals surface area (Å²) < 4.78 is 5.61. The van der Waals surface area contributed by atoms with E-state index in [0.717, 1.165) is 6.42 Å². The summed E-state index contributed by atoms with van der Waals surface area (Å²) in [6.45, 7) is 6.67. The smallest absolute Gasteiger partial charge is 0.260 e. The van der Waals surface area contributed by atoms with Crippen molar-refractivity contribution < 1.29 is 9.53 Å². The molecule has 0 heterocycles. The number of hydrogen-bond donors (Lipinski definition) is 1. The lowest BCUT2D eigenvalue weighted by Gasteiger charge is -2.15. The summed E-state index contributed by atoms with van der Waals surface area (Å²) in [4.78, 5) is 12.1. The highest BCUT2D eigenvalue weighted by Gasteiger charge is 2.14. The van der Waals surface area contributed by atoms with Crippen LogP contribution in [-0.4, -0.2) is 18.6 Å². The highest BCUT2D eigenvalue weighted by Crippen LogP contribution is 2.18. The van der Waals surface area contributed by atoms with Gasteiger partial charge in [-0.2, -0.15) is 0 Å². The van der Waals surface area contributed by atoms with Gasteiger partial charge in [-0.15, -0.1) is 0 Å². The van der Waals surface area contributed by atoms with Gasteiger partial charge in [-0.3, -0.25) is 4.79 Å². The van der Waals surface area contributed by atoms with Gasteiger partial charge in [0.05, 0.1) is 0 Å². The maximum absolute atomic E-state index is 12.1.